The third-order valence-corrected chi connectivity index (χ3v) is 2.85. The van der Waals surface area contributed by atoms with Gasteiger partial charge in [-0.05, 0) is 25.5 Å². The fraction of sp³-hybridized carbons (Fsp3) is 0.375. The molecule has 0 unspecified atom stereocenters. The highest BCUT2D eigenvalue weighted by molar-refractivity contribution is 6.06. The highest BCUT2D eigenvalue weighted by Crippen LogP contribution is 2.09. The van der Waals surface area contributed by atoms with Crippen molar-refractivity contribution in [3.63, 3.8) is 0 Å². The highest BCUT2D eigenvalue weighted by atomic mass is 16.1. The summed E-state index contributed by atoms with van der Waals surface area (Å²) in [5, 5.41) is 14.7. The number of nitrogens with zero attached hydrogens (tertiary/aromatic N) is 1. The van der Waals surface area contributed by atoms with E-state index in [1.54, 1.807) is 0 Å². The topological polar surface area (TPSA) is 64.9 Å². The fourth-order valence-electron chi connectivity index (χ4n) is 1.64. The van der Waals surface area contributed by atoms with Gasteiger partial charge in [0.2, 0.25) is 0 Å². The van der Waals surface area contributed by atoms with E-state index in [4.69, 9.17) is 5.26 Å². The number of carbonyl (C=O) groups excluding carboxylic acids is 1. The van der Waals surface area contributed by atoms with Gasteiger partial charge in [0.05, 0.1) is 0 Å². The molecule has 1 amide bonds. The Morgan fingerprint density at radius 2 is 2.00 bits per heavy atom. The lowest BCUT2D eigenvalue weighted by atomic mass is 10.2. The van der Waals surface area contributed by atoms with Crippen LogP contribution in [0.1, 0.15) is 31.7 Å². The van der Waals surface area contributed by atoms with E-state index in [1.165, 1.54) is 6.20 Å². The second-order valence-electron chi connectivity index (χ2n) is 4.65. The number of rotatable bonds is 7. The summed E-state index contributed by atoms with van der Waals surface area (Å²) >= 11 is 0. The first kappa shape index (κ1) is 15.8. The molecule has 0 saturated carbocycles. The summed E-state index contributed by atoms with van der Waals surface area (Å²) in [7, 11) is 0. The predicted molar refractivity (Wildman–Crippen MR) is 81.0 cm³/mol. The molecule has 0 atom stereocenters. The molecule has 0 radical (unpaired) electrons. The van der Waals surface area contributed by atoms with Crippen LogP contribution in [0.15, 0.2) is 36.0 Å². The molecule has 0 spiro atoms. The maximum Gasteiger partial charge on any atom is 0.267 e. The van der Waals surface area contributed by atoms with E-state index in [9.17, 15) is 4.79 Å². The molecule has 1 aromatic carbocycles. The van der Waals surface area contributed by atoms with Gasteiger partial charge in [0.1, 0.15) is 11.6 Å². The molecule has 0 aliphatic rings. The van der Waals surface area contributed by atoms with Crippen molar-refractivity contribution in [2.45, 2.75) is 33.1 Å². The normalized spacial score (nSPS) is 10.8. The first-order valence-electron chi connectivity index (χ1n) is 6.89. The number of amides is 1. The lowest BCUT2D eigenvalue weighted by Crippen LogP contribution is -2.17. The van der Waals surface area contributed by atoms with Crippen LogP contribution in [-0.2, 0) is 4.79 Å². The summed E-state index contributed by atoms with van der Waals surface area (Å²) in [6, 6.07) is 9.37. The predicted octanol–water partition coefficient (Wildman–Crippen LogP) is 3.12. The number of hydrogen-bond donors (Lipinski definition) is 2. The Morgan fingerprint density at radius 1 is 1.30 bits per heavy atom. The molecule has 0 aliphatic heterocycles. The van der Waals surface area contributed by atoms with Crippen LogP contribution in [0.2, 0.25) is 0 Å². The maximum absolute atomic E-state index is 11.9. The molecular formula is C16H21N3O. The van der Waals surface area contributed by atoms with Crippen molar-refractivity contribution < 1.29 is 4.79 Å². The summed E-state index contributed by atoms with van der Waals surface area (Å²) < 4.78 is 0. The molecule has 1 aromatic rings. The van der Waals surface area contributed by atoms with Crippen molar-refractivity contribution in [1.29, 1.82) is 5.26 Å². The average molecular weight is 271 g/mol. The van der Waals surface area contributed by atoms with Crippen LogP contribution in [-0.4, -0.2) is 12.5 Å². The van der Waals surface area contributed by atoms with Gasteiger partial charge in [0.15, 0.2) is 0 Å². The van der Waals surface area contributed by atoms with E-state index in [1.807, 2.05) is 37.3 Å². The number of carbonyl (C=O) groups is 1. The third kappa shape index (κ3) is 5.57. The van der Waals surface area contributed by atoms with E-state index in [0.29, 0.717) is 5.69 Å². The van der Waals surface area contributed by atoms with Gasteiger partial charge in [0, 0.05) is 18.4 Å². The Labute approximate surface area is 120 Å². The Bertz CT molecular complexity index is 497. The smallest absolute Gasteiger partial charge is 0.267 e. The maximum atomic E-state index is 11.9. The van der Waals surface area contributed by atoms with Crippen molar-refractivity contribution in [3.05, 3.63) is 41.6 Å². The Hall–Kier alpha value is -2.28. The van der Waals surface area contributed by atoms with Gasteiger partial charge in [0.25, 0.3) is 5.91 Å². The molecule has 2 N–H and O–H groups in total. The van der Waals surface area contributed by atoms with Gasteiger partial charge in [-0.1, -0.05) is 37.5 Å². The number of anilines is 1. The number of hydrogen-bond acceptors (Lipinski definition) is 3. The molecule has 20 heavy (non-hydrogen) atoms. The van der Waals surface area contributed by atoms with E-state index >= 15 is 0 Å². The SMILES string of the molecule is CCCCCN/C=C(/C#N)C(=O)Nc1ccc(C)cc1. The van der Waals surface area contributed by atoms with Crippen molar-refractivity contribution in [3.8, 4) is 6.07 Å². The standard InChI is InChI=1S/C16H21N3O/c1-3-4-5-10-18-12-14(11-17)16(20)19-15-8-6-13(2)7-9-15/h6-9,12,18H,3-5,10H2,1-2H3,(H,19,20)/b14-12-. The fourth-order valence-corrected chi connectivity index (χ4v) is 1.64. The largest absolute Gasteiger partial charge is 0.390 e. The van der Waals surface area contributed by atoms with E-state index < -0.39 is 0 Å². The number of unbranched alkanes of at least 4 members (excludes halogenated alkanes) is 2. The molecule has 0 bridgehead atoms. The van der Waals surface area contributed by atoms with Gasteiger partial charge in [-0.2, -0.15) is 5.26 Å². The van der Waals surface area contributed by atoms with Crippen LogP contribution in [0.5, 0.6) is 0 Å². The number of nitrogens with one attached hydrogen (secondary N) is 2. The monoisotopic (exact) mass is 271 g/mol. The molecule has 0 heterocycles. The van der Waals surface area contributed by atoms with E-state index in [2.05, 4.69) is 17.6 Å². The lowest BCUT2D eigenvalue weighted by Gasteiger charge is -2.05. The summed E-state index contributed by atoms with van der Waals surface area (Å²) in [6.07, 6.45) is 4.80. The number of benzene rings is 1. The molecular weight excluding hydrogens is 250 g/mol. The van der Waals surface area contributed by atoms with Crippen LogP contribution >= 0.6 is 0 Å². The third-order valence-electron chi connectivity index (χ3n) is 2.85. The zero-order valence-electron chi connectivity index (χ0n) is 12.1. The minimum Gasteiger partial charge on any atom is -0.390 e. The van der Waals surface area contributed by atoms with Crippen LogP contribution in [0.25, 0.3) is 0 Å². The zero-order valence-corrected chi connectivity index (χ0v) is 12.1. The van der Waals surface area contributed by atoms with Crippen molar-refractivity contribution in [2.24, 2.45) is 0 Å². The highest BCUT2D eigenvalue weighted by Gasteiger charge is 2.08. The van der Waals surface area contributed by atoms with Crippen molar-refractivity contribution >= 4 is 11.6 Å². The Balaban J connectivity index is 2.52. The summed E-state index contributed by atoms with van der Waals surface area (Å²) in [6.45, 7) is 4.88. The second-order valence-corrected chi connectivity index (χ2v) is 4.65. The zero-order chi connectivity index (χ0) is 14.8. The summed E-state index contributed by atoms with van der Waals surface area (Å²) in [4.78, 5) is 11.9. The van der Waals surface area contributed by atoms with Gasteiger partial charge in [-0.15, -0.1) is 0 Å². The number of nitriles is 1. The van der Waals surface area contributed by atoms with Gasteiger partial charge >= 0.3 is 0 Å². The molecule has 4 nitrogen and oxygen atoms in total. The van der Waals surface area contributed by atoms with Crippen LogP contribution in [0, 0.1) is 18.3 Å². The van der Waals surface area contributed by atoms with E-state index in [0.717, 1.165) is 31.4 Å². The molecule has 4 heteroatoms. The quantitative estimate of drug-likeness (QED) is 0.455. The lowest BCUT2D eigenvalue weighted by molar-refractivity contribution is -0.112. The van der Waals surface area contributed by atoms with Gasteiger partial charge in [-0.25, -0.2) is 0 Å². The minimum absolute atomic E-state index is 0.0853. The van der Waals surface area contributed by atoms with Gasteiger partial charge in [-0.3, -0.25) is 4.79 Å². The number of aryl methyl sites for hydroxylation is 1. The van der Waals surface area contributed by atoms with Crippen LogP contribution in [0.4, 0.5) is 5.69 Å². The molecule has 106 valence electrons. The molecule has 0 saturated heterocycles. The minimum atomic E-state index is -0.389. The summed E-state index contributed by atoms with van der Waals surface area (Å²) in [5.74, 6) is -0.389. The Kier molecular flexibility index (Phi) is 6.91. The first-order valence-corrected chi connectivity index (χ1v) is 6.89. The van der Waals surface area contributed by atoms with Crippen LogP contribution in [0.3, 0.4) is 0 Å². The van der Waals surface area contributed by atoms with Crippen molar-refractivity contribution in [2.75, 3.05) is 11.9 Å². The van der Waals surface area contributed by atoms with Crippen molar-refractivity contribution in [1.82, 2.24) is 5.32 Å². The van der Waals surface area contributed by atoms with Gasteiger partial charge < -0.3 is 10.6 Å². The Morgan fingerprint density at radius 3 is 2.60 bits per heavy atom. The molecule has 0 aliphatic carbocycles. The second kappa shape index (κ2) is 8.76. The molecule has 0 aromatic heterocycles. The van der Waals surface area contributed by atoms with Crippen LogP contribution < -0.4 is 10.6 Å². The molecule has 0 fully saturated rings. The molecule has 1 rings (SSSR count). The first-order chi connectivity index (χ1) is 9.67. The van der Waals surface area contributed by atoms with E-state index in [-0.39, 0.29) is 11.5 Å². The summed E-state index contributed by atoms with van der Waals surface area (Å²) in [5.41, 5.74) is 1.89. The average Bonchev–Trinajstić information content (AvgIpc) is 2.45.